The molecule has 0 saturated carbocycles. The molecule has 0 radical (unpaired) electrons. The number of carbonyl (C=O) groups is 1. The normalized spacial score (nSPS) is 17.4. The highest BCUT2D eigenvalue weighted by atomic mass is 16.2. The van der Waals surface area contributed by atoms with Gasteiger partial charge in [-0.05, 0) is 49.8 Å². The maximum absolute atomic E-state index is 12.9. The standard InChI is InChI=1S/C19H22N6O/c1-14-10-22-23-17(14)9-15-3-2-7-24(12-15)19(26)16-4-5-18(21-11-16)25-8-6-20-13-25/h4-6,8,10-11,13,15H,2-3,7,9,12H2,1H3,(H,22,23)/t15-/m1/s1. The zero-order chi connectivity index (χ0) is 17.9. The Bertz CT molecular complexity index is 868. The fourth-order valence-electron chi connectivity index (χ4n) is 3.53. The van der Waals surface area contributed by atoms with Crippen molar-refractivity contribution in [3.63, 3.8) is 0 Å². The first-order valence-corrected chi connectivity index (χ1v) is 8.93. The number of aryl methyl sites for hydroxylation is 1. The van der Waals surface area contributed by atoms with Crippen LogP contribution in [0.1, 0.15) is 34.5 Å². The maximum atomic E-state index is 12.9. The molecule has 0 aliphatic carbocycles. The van der Waals surface area contributed by atoms with Crippen LogP contribution < -0.4 is 0 Å². The number of aromatic amines is 1. The summed E-state index contributed by atoms with van der Waals surface area (Å²) in [5.74, 6) is 1.27. The van der Waals surface area contributed by atoms with E-state index in [0.29, 0.717) is 11.5 Å². The number of imidazole rings is 1. The van der Waals surface area contributed by atoms with Crippen LogP contribution in [0.4, 0.5) is 0 Å². The zero-order valence-electron chi connectivity index (χ0n) is 14.8. The van der Waals surface area contributed by atoms with E-state index in [1.54, 1.807) is 18.7 Å². The number of carbonyl (C=O) groups excluding carboxylic acids is 1. The molecule has 3 aromatic rings. The Labute approximate surface area is 152 Å². The van der Waals surface area contributed by atoms with Crippen LogP contribution in [0.15, 0.2) is 43.2 Å². The van der Waals surface area contributed by atoms with E-state index >= 15 is 0 Å². The summed E-state index contributed by atoms with van der Waals surface area (Å²) in [6.07, 6.45) is 11.8. The molecule has 4 rings (SSSR count). The molecule has 1 fully saturated rings. The Morgan fingerprint density at radius 2 is 2.27 bits per heavy atom. The molecule has 0 bridgehead atoms. The molecule has 1 atom stereocenters. The van der Waals surface area contributed by atoms with Gasteiger partial charge in [0.05, 0.1) is 11.8 Å². The molecular weight excluding hydrogens is 328 g/mol. The van der Waals surface area contributed by atoms with E-state index in [4.69, 9.17) is 0 Å². The summed E-state index contributed by atoms with van der Waals surface area (Å²) in [7, 11) is 0. The monoisotopic (exact) mass is 350 g/mol. The Morgan fingerprint density at radius 1 is 1.35 bits per heavy atom. The first-order valence-electron chi connectivity index (χ1n) is 8.93. The van der Waals surface area contributed by atoms with E-state index in [0.717, 1.165) is 38.2 Å². The van der Waals surface area contributed by atoms with Crippen LogP contribution in [-0.4, -0.2) is 48.6 Å². The maximum Gasteiger partial charge on any atom is 0.255 e. The topological polar surface area (TPSA) is 79.7 Å². The van der Waals surface area contributed by atoms with E-state index in [2.05, 4.69) is 27.1 Å². The molecule has 1 saturated heterocycles. The van der Waals surface area contributed by atoms with Crippen molar-refractivity contribution in [1.29, 1.82) is 0 Å². The number of aromatic nitrogens is 5. The third kappa shape index (κ3) is 3.37. The van der Waals surface area contributed by atoms with Crippen LogP contribution in [0, 0.1) is 12.8 Å². The minimum Gasteiger partial charge on any atom is -0.338 e. The minimum absolute atomic E-state index is 0.0562. The van der Waals surface area contributed by atoms with Gasteiger partial charge in [-0.15, -0.1) is 0 Å². The lowest BCUT2D eigenvalue weighted by atomic mass is 9.92. The van der Waals surface area contributed by atoms with Gasteiger partial charge in [0, 0.05) is 37.4 Å². The molecule has 7 nitrogen and oxygen atoms in total. The number of rotatable bonds is 4. The van der Waals surface area contributed by atoms with Crippen molar-refractivity contribution in [3.8, 4) is 5.82 Å². The van der Waals surface area contributed by atoms with Crippen LogP contribution in [0.2, 0.25) is 0 Å². The number of likely N-dealkylation sites (tertiary alicyclic amines) is 1. The van der Waals surface area contributed by atoms with Gasteiger partial charge in [0.2, 0.25) is 0 Å². The van der Waals surface area contributed by atoms with Crippen molar-refractivity contribution in [2.75, 3.05) is 13.1 Å². The molecule has 0 spiro atoms. The van der Waals surface area contributed by atoms with Gasteiger partial charge in [0.25, 0.3) is 5.91 Å². The number of amides is 1. The summed E-state index contributed by atoms with van der Waals surface area (Å²) in [5, 5.41) is 7.18. The van der Waals surface area contributed by atoms with E-state index in [1.807, 2.05) is 34.0 Å². The second-order valence-electron chi connectivity index (χ2n) is 6.87. The van der Waals surface area contributed by atoms with E-state index < -0.39 is 0 Å². The molecule has 7 heteroatoms. The highest BCUT2D eigenvalue weighted by Gasteiger charge is 2.25. The van der Waals surface area contributed by atoms with Gasteiger partial charge in [-0.2, -0.15) is 5.10 Å². The molecule has 26 heavy (non-hydrogen) atoms. The summed E-state index contributed by atoms with van der Waals surface area (Å²) in [6.45, 7) is 3.65. The van der Waals surface area contributed by atoms with Gasteiger partial charge in [-0.25, -0.2) is 9.97 Å². The molecule has 4 heterocycles. The number of piperidine rings is 1. The largest absolute Gasteiger partial charge is 0.338 e. The fourth-order valence-corrected chi connectivity index (χ4v) is 3.53. The first-order chi connectivity index (χ1) is 12.7. The Balaban J connectivity index is 1.43. The number of H-pyrrole nitrogens is 1. The van der Waals surface area contributed by atoms with Crippen LogP contribution in [-0.2, 0) is 6.42 Å². The summed E-state index contributed by atoms with van der Waals surface area (Å²) >= 11 is 0. The number of nitrogens with zero attached hydrogens (tertiary/aromatic N) is 5. The fraction of sp³-hybridized carbons (Fsp3) is 0.368. The summed E-state index contributed by atoms with van der Waals surface area (Å²) in [6, 6.07) is 3.69. The van der Waals surface area contributed by atoms with Crippen LogP contribution in [0.3, 0.4) is 0 Å². The summed E-state index contributed by atoms with van der Waals surface area (Å²) in [5.41, 5.74) is 3.00. The van der Waals surface area contributed by atoms with Gasteiger partial charge >= 0.3 is 0 Å². The molecule has 1 N–H and O–H groups in total. The van der Waals surface area contributed by atoms with Crippen LogP contribution in [0.25, 0.3) is 5.82 Å². The number of nitrogens with one attached hydrogen (secondary N) is 1. The second-order valence-corrected chi connectivity index (χ2v) is 6.87. The van der Waals surface area contributed by atoms with E-state index in [9.17, 15) is 4.79 Å². The quantitative estimate of drug-likeness (QED) is 0.783. The van der Waals surface area contributed by atoms with Crippen molar-refractivity contribution in [2.45, 2.75) is 26.2 Å². The third-order valence-corrected chi connectivity index (χ3v) is 5.00. The van der Waals surface area contributed by atoms with Crippen LogP contribution in [0.5, 0.6) is 0 Å². The smallest absolute Gasteiger partial charge is 0.255 e. The van der Waals surface area contributed by atoms with Crippen molar-refractivity contribution in [1.82, 2.24) is 29.6 Å². The lowest BCUT2D eigenvalue weighted by molar-refractivity contribution is 0.0672. The van der Waals surface area contributed by atoms with Gasteiger partial charge in [0.1, 0.15) is 12.1 Å². The predicted molar refractivity (Wildman–Crippen MR) is 97.0 cm³/mol. The molecule has 134 valence electrons. The minimum atomic E-state index is 0.0562. The molecule has 3 aromatic heterocycles. The first kappa shape index (κ1) is 16.5. The molecule has 1 aliphatic heterocycles. The zero-order valence-corrected chi connectivity index (χ0v) is 14.8. The highest BCUT2D eigenvalue weighted by Crippen LogP contribution is 2.22. The van der Waals surface area contributed by atoms with E-state index in [-0.39, 0.29) is 5.91 Å². The van der Waals surface area contributed by atoms with Crippen molar-refractivity contribution in [3.05, 3.63) is 60.1 Å². The summed E-state index contributed by atoms with van der Waals surface area (Å²) < 4.78 is 1.82. The molecular formula is C19H22N6O. The average molecular weight is 350 g/mol. The lowest BCUT2D eigenvalue weighted by Gasteiger charge is -2.32. The molecule has 1 aliphatic rings. The van der Waals surface area contributed by atoms with Gasteiger partial charge < -0.3 is 4.90 Å². The number of pyridine rings is 1. The van der Waals surface area contributed by atoms with Gasteiger partial charge in [0.15, 0.2) is 0 Å². The molecule has 0 unspecified atom stereocenters. The molecule has 1 amide bonds. The summed E-state index contributed by atoms with van der Waals surface area (Å²) in [4.78, 5) is 23.2. The van der Waals surface area contributed by atoms with Crippen molar-refractivity contribution in [2.24, 2.45) is 5.92 Å². The average Bonchev–Trinajstić information content (AvgIpc) is 3.34. The Hall–Kier alpha value is -2.96. The Kier molecular flexibility index (Phi) is 4.51. The van der Waals surface area contributed by atoms with E-state index in [1.165, 1.54) is 11.3 Å². The number of hydrogen-bond donors (Lipinski definition) is 1. The van der Waals surface area contributed by atoms with Gasteiger partial charge in [-0.1, -0.05) is 0 Å². The van der Waals surface area contributed by atoms with Crippen LogP contribution >= 0.6 is 0 Å². The lowest BCUT2D eigenvalue weighted by Crippen LogP contribution is -2.40. The van der Waals surface area contributed by atoms with Gasteiger partial charge in [-0.3, -0.25) is 14.5 Å². The third-order valence-electron chi connectivity index (χ3n) is 5.00. The van der Waals surface area contributed by atoms with Crippen molar-refractivity contribution < 1.29 is 4.79 Å². The highest BCUT2D eigenvalue weighted by molar-refractivity contribution is 5.94. The molecule has 0 aromatic carbocycles. The van der Waals surface area contributed by atoms with Crippen molar-refractivity contribution >= 4 is 5.91 Å². The SMILES string of the molecule is Cc1cn[nH]c1C[C@H]1CCCN(C(=O)c2ccc(-n3ccnc3)nc2)C1. The second kappa shape index (κ2) is 7.11. The predicted octanol–water partition coefficient (Wildman–Crippen LogP) is 2.39. The number of hydrogen-bond acceptors (Lipinski definition) is 4. The Morgan fingerprint density at radius 3 is 2.96 bits per heavy atom.